The van der Waals surface area contributed by atoms with Crippen molar-refractivity contribution < 1.29 is 19.0 Å². The number of hydrogen-bond donors (Lipinski definition) is 1. The molecule has 0 spiro atoms. The van der Waals surface area contributed by atoms with Crippen molar-refractivity contribution in [2.24, 2.45) is 0 Å². The van der Waals surface area contributed by atoms with Gasteiger partial charge in [0.2, 0.25) is 5.91 Å². The van der Waals surface area contributed by atoms with Crippen LogP contribution in [0.15, 0.2) is 48.5 Å². The molecular formula is C19H21NO4. The average molecular weight is 327 g/mol. The summed E-state index contributed by atoms with van der Waals surface area (Å²) in [6, 6.07) is 13.0. The third-order valence-electron chi connectivity index (χ3n) is 3.45. The number of rotatable bonds is 7. The van der Waals surface area contributed by atoms with Gasteiger partial charge < -0.3 is 19.5 Å². The predicted molar refractivity (Wildman–Crippen MR) is 93.4 cm³/mol. The zero-order valence-corrected chi connectivity index (χ0v) is 14.0. The molecule has 0 aliphatic heterocycles. The largest absolute Gasteiger partial charge is 0.497 e. The highest BCUT2D eigenvalue weighted by atomic mass is 16.5. The van der Waals surface area contributed by atoms with Crippen LogP contribution in [0.1, 0.15) is 11.1 Å². The Balaban J connectivity index is 2.00. The van der Waals surface area contributed by atoms with Crippen molar-refractivity contribution in [1.82, 2.24) is 5.32 Å². The number of ether oxygens (including phenoxy) is 3. The summed E-state index contributed by atoms with van der Waals surface area (Å²) in [7, 11) is 4.79. The van der Waals surface area contributed by atoms with Gasteiger partial charge in [-0.15, -0.1) is 0 Å². The Morgan fingerprint density at radius 3 is 2.46 bits per heavy atom. The van der Waals surface area contributed by atoms with E-state index in [1.807, 2.05) is 30.3 Å². The first-order chi connectivity index (χ1) is 11.7. The van der Waals surface area contributed by atoms with Crippen LogP contribution in [-0.4, -0.2) is 27.2 Å². The van der Waals surface area contributed by atoms with Crippen LogP contribution in [0.4, 0.5) is 0 Å². The van der Waals surface area contributed by atoms with Gasteiger partial charge in [0.05, 0.1) is 21.3 Å². The molecular weight excluding hydrogens is 306 g/mol. The van der Waals surface area contributed by atoms with E-state index in [4.69, 9.17) is 14.2 Å². The van der Waals surface area contributed by atoms with Crippen LogP contribution in [-0.2, 0) is 11.3 Å². The van der Waals surface area contributed by atoms with Crippen LogP contribution < -0.4 is 19.5 Å². The maximum absolute atomic E-state index is 12.0. The number of benzene rings is 2. The highest BCUT2D eigenvalue weighted by Crippen LogP contribution is 2.25. The number of methoxy groups -OCH3 is 3. The maximum Gasteiger partial charge on any atom is 0.244 e. The second kappa shape index (κ2) is 8.62. The fourth-order valence-corrected chi connectivity index (χ4v) is 2.17. The zero-order chi connectivity index (χ0) is 17.4. The number of carbonyl (C=O) groups is 1. The molecule has 0 saturated heterocycles. The summed E-state index contributed by atoms with van der Waals surface area (Å²) in [5.74, 6) is 1.95. The molecule has 0 saturated carbocycles. The van der Waals surface area contributed by atoms with Crippen molar-refractivity contribution in [3.8, 4) is 17.2 Å². The first-order valence-corrected chi connectivity index (χ1v) is 7.47. The van der Waals surface area contributed by atoms with Crippen molar-refractivity contribution in [1.29, 1.82) is 0 Å². The number of amides is 1. The first-order valence-electron chi connectivity index (χ1n) is 7.47. The highest BCUT2D eigenvalue weighted by molar-refractivity contribution is 5.92. The van der Waals surface area contributed by atoms with Gasteiger partial charge in [0.25, 0.3) is 0 Å². The Morgan fingerprint density at radius 1 is 1.00 bits per heavy atom. The molecule has 0 aromatic heterocycles. The molecule has 0 radical (unpaired) electrons. The molecule has 0 heterocycles. The minimum absolute atomic E-state index is 0.192. The predicted octanol–water partition coefficient (Wildman–Crippen LogP) is 3.04. The number of hydrogen-bond acceptors (Lipinski definition) is 4. The number of nitrogens with one attached hydrogen (secondary N) is 1. The molecule has 1 amide bonds. The van der Waals surface area contributed by atoms with Crippen molar-refractivity contribution >= 4 is 12.0 Å². The van der Waals surface area contributed by atoms with E-state index in [9.17, 15) is 4.79 Å². The topological polar surface area (TPSA) is 56.8 Å². The maximum atomic E-state index is 12.0. The van der Waals surface area contributed by atoms with Gasteiger partial charge >= 0.3 is 0 Å². The van der Waals surface area contributed by atoms with E-state index in [0.717, 1.165) is 16.9 Å². The molecule has 0 aliphatic carbocycles. The second-order valence-electron chi connectivity index (χ2n) is 5.01. The van der Waals surface area contributed by atoms with Gasteiger partial charge in [0, 0.05) is 18.2 Å². The molecule has 2 aromatic rings. The molecule has 0 fully saturated rings. The minimum atomic E-state index is -0.192. The summed E-state index contributed by atoms with van der Waals surface area (Å²) in [5, 5.41) is 2.83. The SMILES string of the molecule is COc1cccc(CNC(=O)/C=C/c2cc(OC)ccc2OC)c1. The molecule has 5 heteroatoms. The molecule has 0 bridgehead atoms. The van der Waals surface area contributed by atoms with Crippen LogP contribution >= 0.6 is 0 Å². The lowest BCUT2D eigenvalue weighted by Crippen LogP contribution is -2.20. The molecule has 0 aliphatic rings. The summed E-state index contributed by atoms with van der Waals surface area (Å²) in [5.41, 5.74) is 1.74. The van der Waals surface area contributed by atoms with E-state index in [-0.39, 0.29) is 5.91 Å². The summed E-state index contributed by atoms with van der Waals surface area (Å²) < 4.78 is 15.6. The normalized spacial score (nSPS) is 10.5. The second-order valence-corrected chi connectivity index (χ2v) is 5.01. The molecule has 0 atom stereocenters. The van der Waals surface area contributed by atoms with Gasteiger partial charge in [-0.25, -0.2) is 0 Å². The van der Waals surface area contributed by atoms with Crippen LogP contribution in [0.3, 0.4) is 0 Å². The molecule has 126 valence electrons. The fraction of sp³-hybridized carbons (Fsp3) is 0.211. The molecule has 2 aromatic carbocycles. The van der Waals surface area contributed by atoms with Gasteiger partial charge in [0.15, 0.2) is 0 Å². The van der Waals surface area contributed by atoms with Crippen LogP contribution in [0, 0.1) is 0 Å². The molecule has 0 unspecified atom stereocenters. The average Bonchev–Trinajstić information content (AvgIpc) is 2.64. The lowest BCUT2D eigenvalue weighted by Gasteiger charge is -2.07. The van der Waals surface area contributed by atoms with Crippen LogP contribution in [0.2, 0.25) is 0 Å². The fourth-order valence-electron chi connectivity index (χ4n) is 2.17. The third kappa shape index (κ3) is 4.78. The summed E-state index contributed by atoms with van der Waals surface area (Å²) >= 11 is 0. The van der Waals surface area contributed by atoms with Crippen molar-refractivity contribution in [2.45, 2.75) is 6.54 Å². The smallest absolute Gasteiger partial charge is 0.244 e. The van der Waals surface area contributed by atoms with Crippen molar-refractivity contribution in [3.05, 3.63) is 59.7 Å². The lowest BCUT2D eigenvalue weighted by molar-refractivity contribution is -0.116. The van der Waals surface area contributed by atoms with E-state index in [1.54, 1.807) is 39.5 Å². The monoisotopic (exact) mass is 327 g/mol. The zero-order valence-electron chi connectivity index (χ0n) is 14.0. The Kier molecular flexibility index (Phi) is 6.25. The van der Waals surface area contributed by atoms with E-state index in [2.05, 4.69) is 5.32 Å². The van der Waals surface area contributed by atoms with Gasteiger partial charge in [-0.05, 0) is 42.0 Å². The Bertz CT molecular complexity index is 725. The van der Waals surface area contributed by atoms with E-state index < -0.39 is 0 Å². The molecule has 5 nitrogen and oxygen atoms in total. The van der Waals surface area contributed by atoms with Gasteiger partial charge in [-0.1, -0.05) is 12.1 Å². The molecule has 1 N–H and O–H groups in total. The molecule has 24 heavy (non-hydrogen) atoms. The van der Waals surface area contributed by atoms with Crippen molar-refractivity contribution in [3.63, 3.8) is 0 Å². The van der Waals surface area contributed by atoms with Crippen LogP contribution in [0.5, 0.6) is 17.2 Å². The van der Waals surface area contributed by atoms with E-state index >= 15 is 0 Å². The van der Waals surface area contributed by atoms with Gasteiger partial charge in [-0.2, -0.15) is 0 Å². The Labute approximate surface area is 141 Å². The highest BCUT2D eigenvalue weighted by Gasteiger charge is 2.03. The number of carbonyl (C=O) groups excluding carboxylic acids is 1. The quantitative estimate of drug-likeness (QED) is 0.794. The standard InChI is InChI=1S/C19H21NO4/c1-22-16-6-4-5-14(11-16)13-20-19(21)10-7-15-12-17(23-2)8-9-18(15)24-3/h4-12H,13H2,1-3H3,(H,20,21)/b10-7+. The van der Waals surface area contributed by atoms with E-state index in [0.29, 0.717) is 18.0 Å². The van der Waals surface area contributed by atoms with Gasteiger partial charge in [-0.3, -0.25) is 4.79 Å². The third-order valence-corrected chi connectivity index (χ3v) is 3.45. The summed E-state index contributed by atoms with van der Waals surface area (Å²) in [4.78, 5) is 12.0. The summed E-state index contributed by atoms with van der Waals surface area (Å²) in [6.07, 6.45) is 3.17. The van der Waals surface area contributed by atoms with Crippen molar-refractivity contribution in [2.75, 3.05) is 21.3 Å². The van der Waals surface area contributed by atoms with Crippen LogP contribution in [0.25, 0.3) is 6.08 Å². The molecule has 2 rings (SSSR count). The Morgan fingerprint density at radius 2 is 1.75 bits per heavy atom. The van der Waals surface area contributed by atoms with Gasteiger partial charge in [0.1, 0.15) is 17.2 Å². The first kappa shape index (κ1) is 17.4. The van der Waals surface area contributed by atoms with E-state index in [1.165, 1.54) is 6.08 Å². The minimum Gasteiger partial charge on any atom is -0.497 e. The lowest BCUT2D eigenvalue weighted by atomic mass is 10.1. The Hall–Kier alpha value is -2.95. The summed E-state index contributed by atoms with van der Waals surface area (Å²) in [6.45, 7) is 0.426.